The number of thioether (sulfide) groups is 1. The molecule has 20 heavy (non-hydrogen) atoms. The van der Waals surface area contributed by atoms with Crippen LogP contribution < -0.4 is 0 Å². The van der Waals surface area contributed by atoms with Crippen LogP contribution in [0.15, 0.2) is 26.4 Å². The van der Waals surface area contributed by atoms with Crippen LogP contribution in [0.5, 0.6) is 0 Å². The van der Waals surface area contributed by atoms with E-state index in [4.69, 9.17) is 4.74 Å². The molecule has 1 aromatic carbocycles. The van der Waals surface area contributed by atoms with Crippen LogP contribution in [0.4, 0.5) is 0 Å². The molecule has 1 aromatic rings. The normalized spacial score (nSPS) is 13.1. The molecule has 0 aliphatic rings. The fourth-order valence-corrected chi connectivity index (χ4v) is 4.69. The van der Waals surface area contributed by atoms with Gasteiger partial charge in [-0.1, -0.05) is 0 Å². The Morgan fingerprint density at radius 2 is 2.10 bits per heavy atom. The minimum Gasteiger partial charge on any atom is -0.464 e. The molecule has 5 nitrogen and oxygen atoms in total. The molecule has 1 rings (SSSR count). The number of esters is 1. The second-order valence-electron chi connectivity index (χ2n) is 3.96. The third kappa shape index (κ3) is 3.97. The Morgan fingerprint density at radius 1 is 1.50 bits per heavy atom. The first-order valence-corrected chi connectivity index (χ1v) is 9.55. The molecule has 112 valence electrons. The van der Waals surface area contributed by atoms with Crippen LogP contribution in [-0.2, 0) is 19.4 Å². The highest BCUT2D eigenvalue weighted by Gasteiger charge is 2.24. The number of hydrogen-bond donors (Lipinski definition) is 1. The Hall–Kier alpha value is -0.570. The van der Waals surface area contributed by atoms with Gasteiger partial charge < -0.3 is 9.84 Å². The van der Waals surface area contributed by atoms with Gasteiger partial charge in [0.25, 0.3) is 0 Å². The van der Waals surface area contributed by atoms with E-state index in [-0.39, 0.29) is 17.1 Å². The molecule has 8 heteroatoms. The summed E-state index contributed by atoms with van der Waals surface area (Å²) in [7, 11) is -3.48. The average molecular weight is 383 g/mol. The van der Waals surface area contributed by atoms with Crippen molar-refractivity contribution in [1.29, 1.82) is 0 Å². The molecule has 0 radical (unpaired) electrons. The fourth-order valence-electron chi connectivity index (χ4n) is 1.58. The first-order valence-electron chi connectivity index (χ1n) is 5.64. The molecular weight excluding hydrogens is 368 g/mol. The van der Waals surface area contributed by atoms with E-state index < -0.39 is 21.9 Å². The van der Waals surface area contributed by atoms with Crippen molar-refractivity contribution < 1.29 is 23.1 Å². The number of halogens is 1. The van der Waals surface area contributed by atoms with Crippen LogP contribution in [0, 0.1) is 0 Å². The number of ether oxygens (including phenoxy) is 1. The molecule has 0 saturated heterocycles. The topological polar surface area (TPSA) is 80.7 Å². The Labute approximate surface area is 130 Å². The summed E-state index contributed by atoms with van der Waals surface area (Å²) in [6.07, 6.45) is 1.31. The van der Waals surface area contributed by atoms with Crippen molar-refractivity contribution >= 4 is 43.5 Å². The molecule has 1 N–H and O–H groups in total. The molecule has 0 heterocycles. The lowest BCUT2D eigenvalue weighted by Gasteiger charge is -2.14. The molecule has 0 amide bonds. The number of carbonyl (C=O) groups is 1. The molecule has 1 atom stereocenters. The van der Waals surface area contributed by atoms with Gasteiger partial charge in [0.1, 0.15) is 0 Å². The van der Waals surface area contributed by atoms with Crippen molar-refractivity contribution in [2.75, 3.05) is 19.1 Å². The SMILES string of the molecule is CCOC(=O)C(O)c1cc(Br)c(SC)c(S(C)(=O)=O)c1. The maximum absolute atomic E-state index is 11.8. The summed E-state index contributed by atoms with van der Waals surface area (Å²) < 4.78 is 28.8. The largest absolute Gasteiger partial charge is 0.464 e. The lowest BCUT2D eigenvalue weighted by molar-refractivity contribution is -0.153. The fraction of sp³-hybridized carbons (Fsp3) is 0.417. The predicted molar refractivity (Wildman–Crippen MR) is 80.6 cm³/mol. The summed E-state index contributed by atoms with van der Waals surface area (Å²) in [5, 5.41) is 9.90. The van der Waals surface area contributed by atoms with Crippen molar-refractivity contribution in [2.45, 2.75) is 22.8 Å². The van der Waals surface area contributed by atoms with Crippen LogP contribution in [0.2, 0.25) is 0 Å². The quantitative estimate of drug-likeness (QED) is 0.620. The Kier molecular flexibility index (Phi) is 6.06. The summed E-state index contributed by atoms with van der Waals surface area (Å²) >= 11 is 4.52. The lowest BCUT2D eigenvalue weighted by Crippen LogP contribution is -2.16. The van der Waals surface area contributed by atoms with E-state index in [9.17, 15) is 18.3 Å². The van der Waals surface area contributed by atoms with Gasteiger partial charge in [-0.15, -0.1) is 11.8 Å². The minimum atomic E-state index is -3.48. The first-order chi connectivity index (χ1) is 9.22. The monoisotopic (exact) mass is 382 g/mol. The van der Waals surface area contributed by atoms with Gasteiger partial charge in [-0.2, -0.15) is 0 Å². The molecule has 0 spiro atoms. The van der Waals surface area contributed by atoms with Crippen molar-refractivity contribution in [2.24, 2.45) is 0 Å². The molecule has 0 bridgehead atoms. The Bertz CT molecular complexity index is 613. The first kappa shape index (κ1) is 17.5. The maximum atomic E-state index is 11.8. The number of aliphatic hydroxyl groups excluding tert-OH is 1. The Balaban J connectivity index is 3.38. The molecule has 1 unspecified atom stereocenters. The van der Waals surface area contributed by atoms with E-state index in [0.29, 0.717) is 9.37 Å². The number of carbonyl (C=O) groups excluding carboxylic acids is 1. The van der Waals surface area contributed by atoms with Gasteiger partial charge in [0, 0.05) is 15.6 Å². The molecular formula is C12H15BrO5S2. The van der Waals surface area contributed by atoms with Crippen LogP contribution >= 0.6 is 27.7 Å². The smallest absolute Gasteiger partial charge is 0.339 e. The maximum Gasteiger partial charge on any atom is 0.339 e. The van der Waals surface area contributed by atoms with Crippen LogP contribution in [-0.4, -0.2) is 38.6 Å². The standard InChI is InChI=1S/C12H15BrO5S2/c1-4-18-12(15)10(14)7-5-8(13)11(19-2)9(6-7)20(3,16)17/h5-6,10,14H,4H2,1-3H3. The number of aliphatic hydroxyl groups is 1. The number of hydrogen-bond acceptors (Lipinski definition) is 6. The van der Waals surface area contributed by atoms with Gasteiger partial charge in [-0.05, 0) is 46.8 Å². The van der Waals surface area contributed by atoms with E-state index >= 15 is 0 Å². The van der Waals surface area contributed by atoms with Gasteiger partial charge in [0.2, 0.25) is 0 Å². The highest BCUT2D eigenvalue weighted by Crippen LogP contribution is 2.35. The minimum absolute atomic E-state index is 0.0673. The molecule has 0 saturated carbocycles. The van der Waals surface area contributed by atoms with E-state index in [1.165, 1.54) is 23.9 Å². The number of sulfone groups is 1. The van der Waals surface area contributed by atoms with Crippen molar-refractivity contribution in [3.63, 3.8) is 0 Å². The summed E-state index contributed by atoms with van der Waals surface area (Å²) in [4.78, 5) is 12.1. The zero-order valence-corrected chi connectivity index (χ0v) is 14.4. The third-order valence-corrected chi connectivity index (χ3v) is 5.45. The molecule has 0 fully saturated rings. The van der Waals surface area contributed by atoms with Gasteiger partial charge in [-0.25, -0.2) is 13.2 Å². The molecule has 0 aliphatic heterocycles. The van der Waals surface area contributed by atoms with E-state index in [1.807, 2.05) is 0 Å². The van der Waals surface area contributed by atoms with Gasteiger partial charge in [0.15, 0.2) is 15.9 Å². The lowest BCUT2D eigenvalue weighted by atomic mass is 10.1. The van der Waals surface area contributed by atoms with Crippen LogP contribution in [0.1, 0.15) is 18.6 Å². The predicted octanol–water partition coefficient (Wildman–Crippen LogP) is 2.17. The molecule has 0 aromatic heterocycles. The third-order valence-electron chi connectivity index (χ3n) is 2.46. The zero-order valence-electron chi connectivity index (χ0n) is 11.2. The summed E-state index contributed by atoms with van der Waals surface area (Å²) in [6.45, 7) is 1.76. The second kappa shape index (κ2) is 6.93. The Morgan fingerprint density at radius 3 is 2.55 bits per heavy atom. The van der Waals surface area contributed by atoms with Crippen molar-refractivity contribution in [1.82, 2.24) is 0 Å². The van der Waals surface area contributed by atoms with E-state index in [2.05, 4.69) is 15.9 Å². The summed E-state index contributed by atoms with van der Waals surface area (Å²) in [5.41, 5.74) is 0.175. The number of rotatable bonds is 5. The van der Waals surface area contributed by atoms with Gasteiger partial charge >= 0.3 is 5.97 Å². The number of benzene rings is 1. The summed E-state index contributed by atoms with van der Waals surface area (Å²) in [6, 6.07) is 2.82. The molecule has 0 aliphatic carbocycles. The summed E-state index contributed by atoms with van der Waals surface area (Å²) in [5.74, 6) is -0.809. The van der Waals surface area contributed by atoms with Crippen molar-refractivity contribution in [3.05, 3.63) is 22.2 Å². The van der Waals surface area contributed by atoms with Crippen LogP contribution in [0.3, 0.4) is 0 Å². The van der Waals surface area contributed by atoms with Gasteiger partial charge in [-0.3, -0.25) is 0 Å². The highest BCUT2D eigenvalue weighted by atomic mass is 79.9. The van der Waals surface area contributed by atoms with Crippen molar-refractivity contribution in [3.8, 4) is 0 Å². The highest BCUT2D eigenvalue weighted by molar-refractivity contribution is 9.10. The zero-order chi connectivity index (χ0) is 15.5. The van der Waals surface area contributed by atoms with Crippen LogP contribution in [0.25, 0.3) is 0 Å². The van der Waals surface area contributed by atoms with Gasteiger partial charge in [0.05, 0.1) is 11.5 Å². The van der Waals surface area contributed by atoms with E-state index in [1.54, 1.807) is 13.2 Å². The average Bonchev–Trinajstić information content (AvgIpc) is 2.36. The van der Waals surface area contributed by atoms with E-state index in [0.717, 1.165) is 6.26 Å². The second-order valence-corrected chi connectivity index (χ2v) is 7.62.